The van der Waals surface area contributed by atoms with Crippen molar-refractivity contribution in [2.75, 3.05) is 11.6 Å². The first kappa shape index (κ1) is 26.9. The Morgan fingerprint density at radius 2 is 1.84 bits per heavy atom. The summed E-state index contributed by atoms with van der Waals surface area (Å²) in [4.78, 5) is 33.8. The molecule has 0 aliphatic rings. The normalized spacial score (nSPS) is 12.5. The second kappa shape index (κ2) is 10.3. The van der Waals surface area contributed by atoms with E-state index in [1.165, 1.54) is 24.4 Å². The SMILES string of the molecule is Cc1cc([C@@H](C)Nc2cccnc2C(=O)NS(C)(=O)=O)c2oc(-c3cccc(C(F)F)n3)c(C)c(=O)c2c1. The van der Waals surface area contributed by atoms with Gasteiger partial charge in [0.25, 0.3) is 12.3 Å². The Morgan fingerprint density at radius 3 is 2.53 bits per heavy atom. The molecule has 2 N–H and O–H groups in total. The van der Waals surface area contributed by atoms with E-state index in [1.54, 1.807) is 45.0 Å². The summed E-state index contributed by atoms with van der Waals surface area (Å²) in [6, 6.07) is 10.1. The minimum absolute atomic E-state index is 0.0666. The lowest BCUT2D eigenvalue weighted by Crippen LogP contribution is -2.30. The summed E-state index contributed by atoms with van der Waals surface area (Å²) in [5.74, 6) is -0.844. The van der Waals surface area contributed by atoms with Gasteiger partial charge in [-0.2, -0.15) is 0 Å². The number of alkyl halides is 2. The number of carbonyl (C=O) groups excluding carboxylic acids is 1. The van der Waals surface area contributed by atoms with E-state index >= 15 is 0 Å². The molecule has 1 aromatic carbocycles. The fraction of sp³-hybridized carbons (Fsp3) is 0.231. The van der Waals surface area contributed by atoms with Gasteiger partial charge in [-0.1, -0.05) is 12.1 Å². The Morgan fingerprint density at radius 1 is 1.11 bits per heavy atom. The first-order valence-electron chi connectivity index (χ1n) is 11.4. The zero-order chi connectivity index (χ0) is 27.8. The van der Waals surface area contributed by atoms with Gasteiger partial charge in [0.15, 0.2) is 16.9 Å². The van der Waals surface area contributed by atoms with Crippen LogP contribution in [0.5, 0.6) is 0 Å². The molecular formula is C26H24F2N4O5S. The topological polar surface area (TPSA) is 131 Å². The van der Waals surface area contributed by atoms with Gasteiger partial charge in [0.1, 0.15) is 17.0 Å². The van der Waals surface area contributed by atoms with E-state index in [0.717, 1.165) is 11.8 Å². The van der Waals surface area contributed by atoms with E-state index in [2.05, 4.69) is 15.3 Å². The fourth-order valence-electron chi connectivity index (χ4n) is 4.06. The van der Waals surface area contributed by atoms with Crippen LogP contribution in [0.15, 0.2) is 57.9 Å². The van der Waals surface area contributed by atoms with Gasteiger partial charge in [0.2, 0.25) is 10.0 Å². The Labute approximate surface area is 217 Å². The predicted molar refractivity (Wildman–Crippen MR) is 139 cm³/mol. The number of benzene rings is 1. The highest BCUT2D eigenvalue weighted by atomic mass is 32.2. The number of aryl methyl sites for hydroxylation is 1. The highest BCUT2D eigenvalue weighted by molar-refractivity contribution is 7.89. The lowest BCUT2D eigenvalue weighted by Gasteiger charge is -2.20. The van der Waals surface area contributed by atoms with E-state index in [4.69, 9.17) is 4.42 Å². The lowest BCUT2D eigenvalue weighted by molar-refractivity contribution is 0.0977. The number of amides is 1. The maximum absolute atomic E-state index is 13.3. The van der Waals surface area contributed by atoms with Crippen LogP contribution >= 0.6 is 0 Å². The van der Waals surface area contributed by atoms with Crippen LogP contribution in [0.1, 0.15) is 52.3 Å². The summed E-state index contributed by atoms with van der Waals surface area (Å²) in [7, 11) is -3.82. The molecule has 0 bridgehead atoms. The standard InChI is InChI=1S/C26H24F2N4O5S/c1-13-11-16(15(3)30-18-9-6-10-29-21(18)26(34)32-38(4,35)36)24-17(12-13)22(33)14(2)23(37-24)19-7-5-8-20(31-19)25(27)28/h5-12,15,25,30H,1-4H3,(H,32,34)/t15-/m1/s1. The summed E-state index contributed by atoms with van der Waals surface area (Å²) < 4.78 is 57.7. The number of nitrogens with one attached hydrogen (secondary N) is 2. The molecule has 1 atom stereocenters. The third kappa shape index (κ3) is 5.54. The smallest absolute Gasteiger partial charge is 0.285 e. The molecule has 0 saturated carbocycles. The number of rotatable bonds is 7. The van der Waals surface area contributed by atoms with E-state index in [9.17, 15) is 26.8 Å². The average molecular weight is 543 g/mol. The van der Waals surface area contributed by atoms with E-state index in [1.807, 2.05) is 4.72 Å². The minimum Gasteiger partial charge on any atom is -0.454 e. The second-order valence-corrected chi connectivity index (χ2v) is 10.6. The molecule has 0 saturated heterocycles. The van der Waals surface area contributed by atoms with Crippen molar-refractivity contribution in [2.24, 2.45) is 0 Å². The van der Waals surface area contributed by atoms with Gasteiger partial charge in [-0.25, -0.2) is 31.9 Å². The number of aromatic nitrogens is 2. The maximum Gasteiger partial charge on any atom is 0.285 e. The van der Waals surface area contributed by atoms with Gasteiger partial charge in [0.05, 0.1) is 23.4 Å². The molecule has 0 unspecified atom stereocenters. The number of halogens is 2. The van der Waals surface area contributed by atoms with Crippen molar-refractivity contribution in [1.82, 2.24) is 14.7 Å². The van der Waals surface area contributed by atoms with Crippen LogP contribution in [0.3, 0.4) is 0 Å². The summed E-state index contributed by atoms with van der Waals surface area (Å²) in [5.41, 5.74) is 1.17. The summed E-state index contributed by atoms with van der Waals surface area (Å²) in [6.45, 7) is 5.11. The zero-order valence-electron chi connectivity index (χ0n) is 20.9. The first-order valence-corrected chi connectivity index (χ1v) is 13.3. The summed E-state index contributed by atoms with van der Waals surface area (Å²) in [5, 5.41) is 3.43. The van der Waals surface area contributed by atoms with E-state index in [0.29, 0.717) is 10.9 Å². The molecule has 1 amide bonds. The largest absolute Gasteiger partial charge is 0.454 e. The Kier molecular flexibility index (Phi) is 7.27. The highest BCUT2D eigenvalue weighted by Crippen LogP contribution is 2.32. The number of carbonyl (C=O) groups is 1. The number of sulfonamides is 1. The van der Waals surface area contributed by atoms with Crippen LogP contribution in [0.25, 0.3) is 22.4 Å². The number of hydrogen-bond donors (Lipinski definition) is 2. The molecule has 0 spiro atoms. The molecule has 9 nitrogen and oxygen atoms in total. The van der Waals surface area contributed by atoms with Crippen molar-refractivity contribution in [1.29, 1.82) is 0 Å². The van der Waals surface area contributed by atoms with Gasteiger partial charge >= 0.3 is 0 Å². The Balaban J connectivity index is 1.83. The molecular weight excluding hydrogens is 518 g/mol. The van der Waals surface area contributed by atoms with Gasteiger partial charge in [0, 0.05) is 17.3 Å². The van der Waals surface area contributed by atoms with E-state index in [-0.39, 0.29) is 39.4 Å². The number of hydrogen-bond acceptors (Lipinski definition) is 8. The number of pyridine rings is 2. The second-order valence-electron chi connectivity index (χ2n) is 8.83. The van der Waals surface area contributed by atoms with Crippen molar-refractivity contribution >= 4 is 32.6 Å². The van der Waals surface area contributed by atoms with Crippen LogP contribution in [0.4, 0.5) is 14.5 Å². The predicted octanol–water partition coefficient (Wildman–Crippen LogP) is 4.67. The number of nitrogens with zero attached hydrogens (tertiary/aromatic N) is 2. The van der Waals surface area contributed by atoms with Crippen LogP contribution < -0.4 is 15.5 Å². The van der Waals surface area contributed by atoms with Crippen molar-refractivity contribution in [3.8, 4) is 11.5 Å². The number of anilines is 1. The molecule has 12 heteroatoms. The lowest BCUT2D eigenvalue weighted by atomic mass is 9.99. The highest BCUT2D eigenvalue weighted by Gasteiger charge is 2.22. The van der Waals surface area contributed by atoms with Crippen molar-refractivity contribution in [3.63, 3.8) is 0 Å². The number of fused-ring (bicyclic) bond motifs is 1. The Hall–Kier alpha value is -4.19. The Bertz CT molecular complexity index is 1720. The quantitative estimate of drug-likeness (QED) is 0.345. The zero-order valence-corrected chi connectivity index (χ0v) is 21.7. The molecule has 3 heterocycles. The molecule has 4 aromatic rings. The van der Waals surface area contributed by atoms with Gasteiger partial charge < -0.3 is 9.73 Å². The fourth-order valence-corrected chi connectivity index (χ4v) is 4.50. The molecule has 4 rings (SSSR count). The van der Waals surface area contributed by atoms with Crippen molar-refractivity contribution in [3.05, 3.63) is 87.0 Å². The van der Waals surface area contributed by atoms with Gasteiger partial charge in [-0.3, -0.25) is 9.59 Å². The first-order chi connectivity index (χ1) is 17.9. The third-order valence-corrected chi connectivity index (χ3v) is 6.31. The average Bonchev–Trinajstić information content (AvgIpc) is 2.85. The third-order valence-electron chi connectivity index (χ3n) is 5.76. The maximum atomic E-state index is 13.3. The molecule has 3 aromatic heterocycles. The monoisotopic (exact) mass is 542 g/mol. The molecule has 0 aliphatic carbocycles. The van der Waals surface area contributed by atoms with Crippen molar-refractivity contribution < 1.29 is 26.4 Å². The minimum atomic E-state index is -3.82. The molecule has 0 fully saturated rings. The molecule has 38 heavy (non-hydrogen) atoms. The summed E-state index contributed by atoms with van der Waals surface area (Å²) >= 11 is 0. The summed E-state index contributed by atoms with van der Waals surface area (Å²) in [6.07, 6.45) is -0.585. The van der Waals surface area contributed by atoms with Crippen LogP contribution in [-0.2, 0) is 10.0 Å². The van der Waals surface area contributed by atoms with Crippen LogP contribution in [-0.4, -0.2) is 30.5 Å². The molecule has 198 valence electrons. The molecule has 0 radical (unpaired) electrons. The molecule has 0 aliphatic heterocycles. The van der Waals surface area contributed by atoms with Crippen LogP contribution in [0.2, 0.25) is 0 Å². The van der Waals surface area contributed by atoms with Gasteiger partial charge in [-0.05, 0) is 56.7 Å². The van der Waals surface area contributed by atoms with Crippen LogP contribution in [0, 0.1) is 13.8 Å². The van der Waals surface area contributed by atoms with E-state index < -0.39 is 34.1 Å². The van der Waals surface area contributed by atoms with Crippen molar-refractivity contribution in [2.45, 2.75) is 33.2 Å². The van der Waals surface area contributed by atoms with Gasteiger partial charge in [-0.15, -0.1) is 0 Å².